The number of fused-ring (bicyclic) bond motifs is 3. The highest BCUT2D eigenvalue weighted by Crippen LogP contribution is 2.55. The molecule has 0 aromatic heterocycles. The quantitative estimate of drug-likeness (QED) is 0.155. The molecule has 0 radical (unpaired) electrons. The SMILES string of the molecule is O=C1NC[C@@H]2[C@H](c3ccc(Cl)cc3)[C@@H](c3ccc(Cl)cc3Cl)CC[C@H]12.O=C1NC[C@H]2[C@@H](c3ccc(Cl)cc3)[C@H](c3ccc(Cl)cc3Cl)CC[C@@H]12.O=C1NC[C@H]2[C@@H](c3ccc(Cl)cc3)[C@H](c3ccc(Cl)cc3Cl)CC[C@@H]12. The van der Waals surface area contributed by atoms with Crippen molar-refractivity contribution in [2.24, 2.45) is 35.5 Å². The van der Waals surface area contributed by atoms with E-state index < -0.39 is 0 Å². The first-order valence-electron chi connectivity index (χ1n) is 25.6. The highest BCUT2D eigenvalue weighted by atomic mass is 35.5. The van der Waals surface area contributed by atoms with Gasteiger partial charge in [0.15, 0.2) is 0 Å². The number of carbonyl (C=O) groups is 3. The maximum absolute atomic E-state index is 12.2. The van der Waals surface area contributed by atoms with E-state index in [0.29, 0.717) is 30.1 Å². The molecule has 3 aliphatic carbocycles. The summed E-state index contributed by atoms with van der Waals surface area (Å²) in [5.41, 5.74) is 6.99. The Hall–Kier alpha value is -3.66. The normalized spacial score (nSPS) is 28.5. The fourth-order valence-corrected chi connectivity index (χ4v) is 15.7. The van der Waals surface area contributed by atoms with E-state index in [4.69, 9.17) is 104 Å². The number of hydrogen-bond donors (Lipinski definition) is 3. The lowest BCUT2D eigenvalue weighted by Crippen LogP contribution is -2.32. The third kappa shape index (κ3) is 11.7. The van der Waals surface area contributed by atoms with Gasteiger partial charge in [0, 0.05) is 82.6 Å². The van der Waals surface area contributed by atoms with Crippen molar-refractivity contribution in [2.75, 3.05) is 19.6 Å². The van der Waals surface area contributed by atoms with Gasteiger partial charge in [0.2, 0.25) is 17.7 Å². The topological polar surface area (TPSA) is 87.3 Å². The third-order valence-corrected chi connectivity index (χ3v) is 19.4. The van der Waals surface area contributed by atoms with E-state index in [1.54, 1.807) is 0 Å². The van der Waals surface area contributed by atoms with Crippen LogP contribution in [0.1, 0.15) is 107 Å². The second-order valence-electron chi connectivity index (χ2n) is 20.8. The van der Waals surface area contributed by atoms with Crippen LogP contribution in [0, 0.1) is 35.5 Å². The monoisotopic (exact) mass is 1180 g/mol. The standard InChI is InChI=1S/3C20H18Cl3NO/c3*21-12-3-1-11(2-4-12)19-15(14-6-5-13(22)9-18(14)23)7-8-16-17(19)10-24-20(16)25/h3*1-6,9,15-17,19H,7-8,10H2,(H,24,25)/t3*15-,16+,17+,19-/m100/s1. The Bertz CT molecular complexity index is 2740. The summed E-state index contributed by atoms with van der Waals surface area (Å²) in [4.78, 5) is 36.7. The van der Waals surface area contributed by atoms with Crippen molar-refractivity contribution in [3.05, 3.63) is 206 Å². The Morgan fingerprint density at radius 3 is 0.760 bits per heavy atom. The molecule has 12 rings (SSSR count). The minimum Gasteiger partial charge on any atom is -0.356 e. The molecule has 6 aromatic carbocycles. The summed E-state index contributed by atoms with van der Waals surface area (Å²) >= 11 is 56.1. The lowest BCUT2D eigenvalue weighted by Gasteiger charge is -2.40. The van der Waals surface area contributed by atoms with E-state index in [9.17, 15) is 14.4 Å². The maximum Gasteiger partial charge on any atom is 0.223 e. The molecular weight excluding hydrogens is 1130 g/mol. The fraction of sp³-hybridized carbons (Fsp3) is 0.350. The molecule has 3 N–H and O–H groups in total. The van der Waals surface area contributed by atoms with Crippen molar-refractivity contribution >= 4 is 122 Å². The molecule has 12 atom stereocenters. The van der Waals surface area contributed by atoms with Crippen molar-refractivity contribution in [3.63, 3.8) is 0 Å². The van der Waals surface area contributed by atoms with Gasteiger partial charge in [0.05, 0.1) is 0 Å². The molecule has 0 bridgehead atoms. The van der Waals surface area contributed by atoms with Crippen LogP contribution in [0.2, 0.25) is 45.2 Å². The zero-order valence-electron chi connectivity index (χ0n) is 40.5. The number of benzene rings is 6. The van der Waals surface area contributed by atoms with Crippen molar-refractivity contribution < 1.29 is 14.4 Å². The van der Waals surface area contributed by atoms with Crippen LogP contribution in [0.3, 0.4) is 0 Å². The van der Waals surface area contributed by atoms with E-state index in [1.807, 2.05) is 91.0 Å². The molecule has 390 valence electrons. The summed E-state index contributed by atoms with van der Waals surface area (Å²) in [5.74, 6) is 3.13. The lowest BCUT2D eigenvalue weighted by molar-refractivity contribution is -0.124. The van der Waals surface area contributed by atoms with Crippen LogP contribution in [-0.4, -0.2) is 37.4 Å². The Kier molecular flexibility index (Phi) is 17.3. The zero-order chi connectivity index (χ0) is 52.7. The number of halogens is 9. The number of nitrogens with one attached hydrogen (secondary N) is 3. The summed E-state index contributed by atoms with van der Waals surface area (Å²) in [7, 11) is 0. The molecule has 6 nitrogen and oxygen atoms in total. The van der Waals surface area contributed by atoms with Crippen LogP contribution in [0.5, 0.6) is 0 Å². The van der Waals surface area contributed by atoms with Gasteiger partial charge in [0.1, 0.15) is 0 Å². The molecule has 3 heterocycles. The first-order valence-corrected chi connectivity index (χ1v) is 29.0. The number of rotatable bonds is 6. The van der Waals surface area contributed by atoms with Crippen molar-refractivity contribution in [1.29, 1.82) is 0 Å². The third-order valence-electron chi connectivity index (χ3n) is 17.0. The molecule has 15 heteroatoms. The van der Waals surface area contributed by atoms with Crippen LogP contribution in [0.4, 0.5) is 0 Å². The first-order chi connectivity index (χ1) is 36.1. The predicted octanol–water partition coefficient (Wildman–Crippen LogP) is 17.0. The van der Waals surface area contributed by atoms with Crippen molar-refractivity contribution in [2.45, 2.75) is 74.0 Å². The molecule has 6 aliphatic rings. The molecule has 6 aromatic rings. The number of hydrogen-bond acceptors (Lipinski definition) is 3. The second kappa shape index (κ2) is 23.7. The van der Waals surface area contributed by atoms with Gasteiger partial charge in [-0.15, -0.1) is 0 Å². The van der Waals surface area contributed by atoms with E-state index in [1.165, 1.54) is 16.7 Å². The summed E-state index contributed by atoms with van der Waals surface area (Å²) in [6, 6.07) is 41.2. The summed E-state index contributed by atoms with van der Waals surface area (Å²) in [6.45, 7) is 2.16. The first kappa shape index (κ1) is 54.7. The fourth-order valence-electron chi connectivity index (χ4n) is 13.7. The zero-order valence-corrected chi connectivity index (χ0v) is 47.3. The molecular formula is C60H54Cl9N3O3. The van der Waals surface area contributed by atoms with E-state index in [0.717, 1.165) is 89.9 Å². The van der Waals surface area contributed by atoms with Gasteiger partial charge in [-0.05, 0) is 198 Å². The largest absolute Gasteiger partial charge is 0.356 e. The van der Waals surface area contributed by atoms with Crippen LogP contribution in [0.25, 0.3) is 0 Å². The van der Waals surface area contributed by atoms with Crippen LogP contribution < -0.4 is 16.0 Å². The second-order valence-corrected chi connectivity index (χ2v) is 24.7. The van der Waals surface area contributed by atoms with E-state index in [-0.39, 0.29) is 88.7 Å². The van der Waals surface area contributed by atoms with Crippen LogP contribution >= 0.6 is 104 Å². The molecule has 3 amide bonds. The molecule has 0 spiro atoms. The average Bonchev–Trinajstić information content (AvgIpc) is 4.12. The van der Waals surface area contributed by atoms with Crippen LogP contribution in [-0.2, 0) is 14.4 Å². The van der Waals surface area contributed by atoms with Crippen molar-refractivity contribution in [3.8, 4) is 0 Å². The Morgan fingerprint density at radius 2 is 0.520 bits per heavy atom. The molecule has 0 unspecified atom stereocenters. The summed E-state index contributed by atoms with van der Waals surface area (Å²) < 4.78 is 0. The van der Waals surface area contributed by atoms with Gasteiger partial charge in [-0.3, -0.25) is 14.4 Å². The number of carbonyl (C=O) groups excluding carboxylic acids is 3. The molecule has 75 heavy (non-hydrogen) atoms. The minimum atomic E-state index is 0.0861. The number of amides is 3. The Morgan fingerprint density at radius 1 is 0.293 bits per heavy atom. The van der Waals surface area contributed by atoms with Crippen molar-refractivity contribution in [1.82, 2.24) is 16.0 Å². The van der Waals surface area contributed by atoms with Gasteiger partial charge in [-0.2, -0.15) is 0 Å². The Balaban J connectivity index is 0.000000128. The van der Waals surface area contributed by atoms with Gasteiger partial charge in [0.25, 0.3) is 0 Å². The van der Waals surface area contributed by atoms with E-state index in [2.05, 4.69) is 52.3 Å². The maximum atomic E-state index is 12.2. The average molecular weight is 1180 g/mol. The smallest absolute Gasteiger partial charge is 0.223 e. The van der Waals surface area contributed by atoms with Gasteiger partial charge < -0.3 is 16.0 Å². The van der Waals surface area contributed by atoms with Gasteiger partial charge >= 0.3 is 0 Å². The Labute approximate surface area is 483 Å². The van der Waals surface area contributed by atoms with E-state index >= 15 is 0 Å². The van der Waals surface area contributed by atoms with Crippen LogP contribution in [0.15, 0.2) is 127 Å². The van der Waals surface area contributed by atoms with Gasteiger partial charge in [-0.25, -0.2) is 0 Å². The molecule has 6 fully saturated rings. The summed E-state index contributed by atoms with van der Waals surface area (Å²) in [5, 5.41) is 15.3. The summed E-state index contributed by atoms with van der Waals surface area (Å²) in [6.07, 6.45) is 5.48. The highest BCUT2D eigenvalue weighted by molar-refractivity contribution is 6.36. The molecule has 3 saturated carbocycles. The molecule has 3 aliphatic heterocycles. The highest BCUT2D eigenvalue weighted by Gasteiger charge is 2.50. The minimum absolute atomic E-state index is 0.0861. The predicted molar refractivity (Wildman–Crippen MR) is 308 cm³/mol. The molecule has 3 saturated heterocycles. The van der Waals surface area contributed by atoms with Gasteiger partial charge in [-0.1, -0.05) is 159 Å². The lowest BCUT2D eigenvalue weighted by atomic mass is 9.63.